The van der Waals surface area contributed by atoms with Crippen molar-refractivity contribution in [3.05, 3.63) is 19.1 Å². The zero-order valence-corrected chi connectivity index (χ0v) is 17.5. The minimum Gasteiger partial charge on any atom is -1.00 e. The molecular weight excluding hydrogens is 387 g/mol. The molecule has 0 saturated heterocycles. The van der Waals surface area contributed by atoms with Gasteiger partial charge in [-0.2, -0.15) is 6.42 Å². The van der Waals surface area contributed by atoms with Crippen LogP contribution in [0.1, 0.15) is 71.1 Å². The third kappa shape index (κ3) is 26.4. The maximum Gasteiger partial charge on any atom is 2.00 e. The Morgan fingerprint density at radius 2 is 1.38 bits per heavy atom. The van der Waals surface area contributed by atoms with Crippen molar-refractivity contribution >= 4 is 23.1 Å². The number of hydrogen-bond donors (Lipinski definition) is 0. The first-order chi connectivity index (χ1) is 9.41. The second-order valence-corrected chi connectivity index (χ2v) is 4.96. The van der Waals surface area contributed by atoms with Crippen LogP contribution in [0.3, 0.4) is 0 Å². The summed E-state index contributed by atoms with van der Waals surface area (Å²) in [5.41, 5.74) is 0. The van der Waals surface area contributed by atoms with E-state index in [1.165, 1.54) is 51.4 Å². The summed E-state index contributed by atoms with van der Waals surface area (Å²) >= 11 is 0. The molecule has 4 heteroatoms. The van der Waals surface area contributed by atoms with Crippen LogP contribution in [-0.4, -0.2) is 43.1 Å². The molecule has 0 rings (SSSR count). The minimum absolute atomic E-state index is 0. The molecule has 0 spiro atoms. The molecule has 0 amide bonds. The van der Waals surface area contributed by atoms with E-state index in [1.807, 2.05) is 0 Å². The van der Waals surface area contributed by atoms with Gasteiger partial charge < -0.3 is 40.4 Å². The van der Waals surface area contributed by atoms with E-state index in [0.29, 0.717) is 6.79 Å². The molecule has 0 radical (unpaired) electrons. The Bertz CT molecular complexity index is 190. The number of hydrogen-bond acceptors (Lipinski definition) is 2. The molecule has 0 bridgehead atoms. The monoisotopic (exact) mass is 420 g/mol. The molecular formula is C17H33IMgO2. The standard InChI is InChI=1S/C17H33O2.HI.Mg/c1-3-5-7-9-10-11-12-14-16-19-17-18-15-13-8-6-4-2;;/h6,8H,2-5,7,9-17H2,1H3;1H;/q-1;;+2/p-1/b8-6-;;. The summed E-state index contributed by atoms with van der Waals surface area (Å²) in [6.07, 6.45) is 16.7. The summed E-state index contributed by atoms with van der Waals surface area (Å²) < 4.78 is 10.8. The van der Waals surface area contributed by atoms with Crippen LogP contribution in [0.5, 0.6) is 0 Å². The molecule has 21 heavy (non-hydrogen) atoms. The number of unbranched alkanes of at least 4 members (excludes halogenated alkanes) is 7. The van der Waals surface area contributed by atoms with E-state index in [2.05, 4.69) is 26.0 Å². The van der Waals surface area contributed by atoms with Crippen LogP contribution < -0.4 is 24.0 Å². The van der Waals surface area contributed by atoms with Crippen molar-refractivity contribution in [1.82, 2.24) is 0 Å². The van der Waals surface area contributed by atoms with Crippen molar-refractivity contribution in [3.63, 3.8) is 0 Å². The quantitative estimate of drug-likeness (QED) is 0.101. The second-order valence-electron chi connectivity index (χ2n) is 4.96. The zero-order valence-electron chi connectivity index (χ0n) is 14.0. The van der Waals surface area contributed by atoms with E-state index in [4.69, 9.17) is 9.47 Å². The van der Waals surface area contributed by atoms with Crippen LogP contribution >= 0.6 is 0 Å². The smallest absolute Gasteiger partial charge is 1.00 e. The fraction of sp³-hybridized carbons (Fsp3) is 0.824. The summed E-state index contributed by atoms with van der Waals surface area (Å²) in [6.45, 7) is 8.02. The predicted molar refractivity (Wildman–Crippen MR) is 88.9 cm³/mol. The van der Waals surface area contributed by atoms with Crippen molar-refractivity contribution in [1.29, 1.82) is 0 Å². The Hall–Kier alpha value is 1.16. The van der Waals surface area contributed by atoms with Crippen molar-refractivity contribution in [2.24, 2.45) is 0 Å². The van der Waals surface area contributed by atoms with Gasteiger partial charge in [-0.3, -0.25) is 0 Å². The van der Waals surface area contributed by atoms with Crippen LogP contribution in [0, 0.1) is 6.92 Å². The van der Waals surface area contributed by atoms with Gasteiger partial charge in [0.05, 0.1) is 6.61 Å². The Labute approximate surface area is 166 Å². The van der Waals surface area contributed by atoms with Gasteiger partial charge in [-0.15, -0.1) is 6.08 Å². The van der Waals surface area contributed by atoms with Gasteiger partial charge in [0, 0.05) is 6.61 Å². The van der Waals surface area contributed by atoms with Crippen LogP contribution in [0.25, 0.3) is 0 Å². The van der Waals surface area contributed by atoms with E-state index < -0.39 is 0 Å². The van der Waals surface area contributed by atoms with Crippen LogP contribution in [-0.2, 0) is 9.47 Å². The van der Waals surface area contributed by atoms with Gasteiger partial charge in [0.15, 0.2) is 0 Å². The van der Waals surface area contributed by atoms with Gasteiger partial charge >= 0.3 is 23.1 Å². The largest absolute Gasteiger partial charge is 2.00 e. The molecule has 0 saturated carbocycles. The Morgan fingerprint density at radius 1 is 0.810 bits per heavy atom. The topological polar surface area (TPSA) is 18.5 Å². The molecule has 122 valence electrons. The molecule has 2 nitrogen and oxygen atoms in total. The fourth-order valence-corrected chi connectivity index (χ4v) is 1.90. The minimum atomic E-state index is 0. The normalized spacial score (nSPS) is 10.4. The molecule has 0 N–H and O–H groups in total. The van der Waals surface area contributed by atoms with Gasteiger partial charge in [0.2, 0.25) is 0 Å². The average Bonchev–Trinajstić information content (AvgIpc) is 2.43. The molecule has 0 aliphatic heterocycles. The van der Waals surface area contributed by atoms with Gasteiger partial charge in [0.25, 0.3) is 0 Å². The number of allylic oxidation sites excluding steroid dienone is 1. The second kappa shape index (κ2) is 26.1. The van der Waals surface area contributed by atoms with Crippen molar-refractivity contribution in [2.75, 3.05) is 20.0 Å². The molecule has 0 aromatic heterocycles. The predicted octanol–water partition coefficient (Wildman–Crippen LogP) is 1.91. The van der Waals surface area contributed by atoms with Gasteiger partial charge in [-0.1, -0.05) is 57.9 Å². The zero-order chi connectivity index (χ0) is 14.0. The fourth-order valence-electron chi connectivity index (χ4n) is 1.90. The van der Waals surface area contributed by atoms with Gasteiger partial charge in [-0.25, -0.2) is 0 Å². The van der Waals surface area contributed by atoms with Gasteiger partial charge in [0.1, 0.15) is 6.79 Å². The van der Waals surface area contributed by atoms with E-state index in [-0.39, 0.29) is 47.0 Å². The third-order valence-corrected chi connectivity index (χ3v) is 3.07. The van der Waals surface area contributed by atoms with E-state index in [1.54, 1.807) is 0 Å². The first-order valence-corrected chi connectivity index (χ1v) is 8.01. The third-order valence-electron chi connectivity index (χ3n) is 3.07. The number of halogens is 1. The van der Waals surface area contributed by atoms with E-state index >= 15 is 0 Å². The molecule has 0 aliphatic carbocycles. The van der Waals surface area contributed by atoms with E-state index in [0.717, 1.165) is 26.1 Å². The first kappa shape index (κ1) is 27.0. The molecule has 0 aromatic carbocycles. The Kier molecular flexibility index (Phi) is 33.6. The summed E-state index contributed by atoms with van der Waals surface area (Å²) in [5.74, 6) is 0. The number of rotatable bonds is 15. The summed E-state index contributed by atoms with van der Waals surface area (Å²) in [4.78, 5) is 0. The molecule has 0 unspecified atom stereocenters. The molecule has 0 aromatic rings. The average molecular weight is 421 g/mol. The summed E-state index contributed by atoms with van der Waals surface area (Å²) in [5, 5.41) is 0. The van der Waals surface area contributed by atoms with Crippen molar-refractivity contribution < 1.29 is 33.5 Å². The Balaban J connectivity index is -0.00000162. The molecule has 0 heterocycles. The SMILES string of the molecule is [CH2-]C/C=C\CCOCOCCCCCCCCCC.[I-].[Mg+2]. The van der Waals surface area contributed by atoms with Crippen molar-refractivity contribution in [3.8, 4) is 0 Å². The van der Waals surface area contributed by atoms with Gasteiger partial charge in [-0.05, 0) is 12.8 Å². The van der Waals surface area contributed by atoms with E-state index in [9.17, 15) is 0 Å². The van der Waals surface area contributed by atoms with Crippen molar-refractivity contribution in [2.45, 2.75) is 71.1 Å². The Morgan fingerprint density at radius 3 is 2.00 bits per heavy atom. The maximum atomic E-state index is 5.43. The first-order valence-electron chi connectivity index (χ1n) is 8.01. The number of ether oxygens (including phenoxy) is 2. The molecule has 0 atom stereocenters. The van der Waals surface area contributed by atoms with Crippen LogP contribution in [0.2, 0.25) is 0 Å². The molecule has 0 fully saturated rings. The molecule has 0 aliphatic rings. The van der Waals surface area contributed by atoms with Crippen LogP contribution in [0.15, 0.2) is 12.2 Å². The van der Waals surface area contributed by atoms with Crippen LogP contribution in [0.4, 0.5) is 0 Å². The maximum absolute atomic E-state index is 5.43. The summed E-state index contributed by atoms with van der Waals surface area (Å²) in [7, 11) is 0. The summed E-state index contributed by atoms with van der Waals surface area (Å²) in [6, 6.07) is 0.